The minimum atomic E-state index is -0.409. The number of carbonyl (C=O) groups excluding carboxylic acids is 1. The monoisotopic (exact) mass is 392 g/mol. The van der Waals surface area contributed by atoms with E-state index in [1.165, 1.54) is 0 Å². The summed E-state index contributed by atoms with van der Waals surface area (Å²) in [6, 6.07) is 17.7. The predicted octanol–water partition coefficient (Wildman–Crippen LogP) is 4.50. The number of ether oxygens (including phenoxy) is 2. The highest BCUT2D eigenvalue weighted by Crippen LogP contribution is 2.27. The molecule has 2 aromatic carbocycles. The third-order valence-corrected chi connectivity index (χ3v) is 4.35. The zero-order valence-electron chi connectivity index (χ0n) is 16.0. The Labute approximate surface area is 167 Å². The number of fused-ring (bicyclic) bond motifs is 1. The fourth-order valence-electron chi connectivity index (χ4n) is 2.87. The highest BCUT2D eigenvalue weighted by molar-refractivity contribution is 5.91. The number of furan rings is 1. The second kappa shape index (κ2) is 8.10. The first-order valence-electron chi connectivity index (χ1n) is 9.15. The first kappa shape index (κ1) is 18.6. The Morgan fingerprint density at radius 2 is 1.79 bits per heavy atom. The topological polar surface area (TPSA) is 86.7 Å². The number of para-hydroxylation sites is 4. The number of amides is 1. The van der Waals surface area contributed by atoms with Crippen LogP contribution in [0, 0.1) is 0 Å². The number of nitrogens with zero attached hydrogens (tertiary/aromatic N) is 1. The molecule has 4 rings (SSSR count). The van der Waals surface area contributed by atoms with Gasteiger partial charge in [0.25, 0.3) is 5.91 Å². The summed E-state index contributed by atoms with van der Waals surface area (Å²) < 4.78 is 22.3. The molecule has 0 saturated carbocycles. The molecule has 0 saturated heterocycles. The highest BCUT2D eigenvalue weighted by Gasteiger charge is 2.19. The van der Waals surface area contributed by atoms with E-state index in [2.05, 4.69) is 10.3 Å². The fourth-order valence-corrected chi connectivity index (χ4v) is 2.87. The Morgan fingerprint density at radius 3 is 2.59 bits per heavy atom. The number of nitrogens with one attached hydrogen (secondary N) is 1. The second-order valence-electron chi connectivity index (χ2n) is 6.42. The molecule has 1 amide bonds. The van der Waals surface area contributed by atoms with Gasteiger partial charge in [0, 0.05) is 0 Å². The molecule has 148 valence electrons. The Balaban J connectivity index is 1.39. The van der Waals surface area contributed by atoms with Crippen molar-refractivity contribution >= 4 is 17.0 Å². The minimum Gasteiger partial charge on any atom is -0.493 e. The molecule has 1 unspecified atom stereocenters. The van der Waals surface area contributed by atoms with E-state index in [9.17, 15) is 4.79 Å². The van der Waals surface area contributed by atoms with Crippen molar-refractivity contribution in [3.05, 3.63) is 78.1 Å². The molecule has 0 spiro atoms. The van der Waals surface area contributed by atoms with E-state index in [1.54, 1.807) is 32.2 Å². The average molecular weight is 392 g/mol. The van der Waals surface area contributed by atoms with Gasteiger partial charge in [-0.25, -0.2) is 4.98 Å². The molecule has 2 aromatic heterocycles. The van der Waals surface area contributed by atoms with Gasteiger partial charge in [-0.15, -0.1) is 0 Å². The molecule has 0 radical (unpaired) electrons. The van der Waals surface area contributed by atoms with Gasteiger partial charge in [0.05, 0.1) is 7.11 Å². The molecule has 0 bridgehead atoms. The zero-order valence-corrected chi connectivity index (χ0v) is 16.0. The lowest BCUT2D eigenvalue weighted by molar-refractivity contribution is 0.0902. The number of aromatic nitrogens is 1. The fraction of sp³-hybridized carbons (Fsp3) is 0.182. The molecule has 7 heteroatoms. The van der Waals surface area contributed by atoms with E-state index in [-0.39, 0.29) is 18.3 Å². The van der Waals surface area contributed by atoms with Crippen LogP contribution in [0.5, 0.6) is 11.5 Å². The van der Waals surface area contributed by atoms with E-state index >= 15 is 0 Å². The Kier molecular flexibility index (Phi) is 5.20. The number of hydrogen-bond acceptors (Lipinski definition) is 6. The van der Waals surface area contributed by atoms with Crippen molar-refractivity contribution in [2.24, 2.45) is 0 Å². The van der Waals surface area contributed by atoms with Crippen molar-refractivity contribution in [3.8, 4) is 11.5 Å². The molecule has 29 heavy (non-hydrogen) atoms. The summed E-state index contributed by atoms with van der Waals surface area (Å²) in [6.07, 6.45) is 0. The molecule has 1 atom stereocenters. The van der Waals surface area contributed by atoms with Crippen molar-refractivity contribution < 1.29 is 23.1 Å². The lowest BCUT2D eigenvalue weighted by Gasteiger charge is -2.09. The van der Waals surface area contributed by atoms with Crippen LogP contribution in [0.25, 0.3) is 11.1 Å². The quantitative estimate of drug-likeness (QED) is 0.498. The summed E-state index contributed by atoms with van der Waals surface area (Å²) in [5.74, 6) is 2.02. The predicted molar refractivity (Wildman–Crippen MR) is 106 cm³/mol. The third-order valence-electron chi connectivity index (χ3n) is 4.35. The van der Waals surface area contributed by atoms with Crippen LogP contribution >= 0.6 is 0 Å². The van der Waals surface area contributed by atoms with Gasteiger partial charge < -0.3 is 23.6 Å². The van der Waals surface area contributed by atoms with Crippen molar-refractivity contribution in [2.75, 3.05) is 7.11 Å². The van der Waals surface area contributed by atoms with E-state index < -0.39 is 6.04 Å². The summed E-state index contributed by atoms with van der Waals surface area (Å²) in [6.45, 7) is 1.98. The number of oxazole rings is 1. The normalized spacial score (nSPS) is 11.9. The van der Waals surface area contributed by atoms with Gasteiger partial charge in [0.2, 0.25) is 5.89 Å². The third kappa shape index (κ3) is 4.08. The number of hydrogen-bond donors (Lipinski definition) is 1. The van der Waals surface area contributed by atoms with E-state index in [0.717, 1.165) is 5.52 Å². The second-order valence-corrected chi connectivity index (χ2v) is 6.42. The lowest BCUT2D eigenvalue weighted by Crippen LogP contribution is -2.26. The van der Waals surface area contributed by atoms with Gasteiger partial charge in [-0.1, -0.05) is 24.3 Å². The van der Waals surface area contributed by atoms with E-state index in [1.807, 2.05) is 42.5 Å². The molecular formula is C22H20N2O5. The molecule has 1 N–H and O–H groups in total. The standard InChI is InChI=1S/C22H20N2O5/c1-14(22-24-16-7-3-4-8-17(16)29-22)23-21(25)20-12-11-15(28-20)13-27-19-10-6-5-9-18(19)26-2/h3-12,14H,13H2,1-2H3,(H,23,25). The SMILES string of the molecule is COc1ccccc1OCc1ccc(C(=O)NC(C)c2nc3ccccc3o2)o1. The largest absolute Gasteiger partial charge is 0.493 e. The van der Waals surface area contributed by atoms with Crippen LogP contribution in [0.4, 0.5) is 0 Å². The smallest absolute Gasteiger partial charge is 0.287 e. The molecule has 4 aromatic rings. The maximum Gasteiger partial charge on any atom is 0.287 e. The summed E-state index contributed by atoms with van der Waals surface area (Å²) in [5.41, 5.74) is 1.43. The van der Waals surface area contributed by atoms with Crippen molar-refractivity contribution in [1.29, 1.82) is 0 Å². The van der Waals surface area contributed by atoms with E-state index in [4.69, 9.17) is 18.3 Å². The summed E-state index contributed by atoms with van der Waals surface area (Å²) in [4.78, 5) is 16.9. The van der Waals surface area contributed by atoms with Crippen LogP contribution in [-0.4, -0.2) is 18.0 Å². The average Bonchev–Trinajstić information content (AvgIpc) is 3.39. The van der Waals surface area contributed by atoms with Gasteiger partial charge in [-0.05, 0) is 43.3 Å². The van der Waals surface area contributed by atoms with Crippen LogP contribution in [0.15, 0.2) is 69.5 Å². The molecule has 2 heterocycles. The van der Waals surface area contributed by atoms with Crippen LogP contribution in [0.3, 0.4) is 0 Å². The Bertz CT molecular complexity index is 1100. The molecule has 0 aliphatic carbocycles. The molecule has 0 fully saturated rings. The molecule has 0 aliphatic rings. The van der Waals surface area contributed by atoms with Crippen molar-refractivity contribution in [1.82, 2.24) is 10.3 Å². The van der Waals surface area contributed by atoms with E-state index in [0.29, 0.717) is 28.7 Å². The summed E-state index contributed by atoms with van der Waals surface area (Å²) >= 11 is 0. The van der Waals surface area contributed by atoms with Crippen LogP contribution in [0.1, 0.15) is 35.2 Å². The Morgan fingerprint density at radius 1 is 1.03 bits per heavy atom. The van der Waals surface area contributed by atoms with Gasteiger partial charge in [0.15, 0.2) is 22.8 Å². The molecule has 7 nitrogen and oxygen atoms in total. The zero-order chi connectivity index (χ0) is 20.2. The Hall–Kier alpha value is -3.74. The number of methoxy groups -OCH3 is 1. The first-order chi connectivity index (χ1) is 14.1. The van der Waals surface area contributed by atoms with Gasteiger partial charge in [-0.3, -0.25) is 4.79 Å². The van der Waals surface area contributed by atoms with Crippen molar-refractivity contribution in [2.45, 2.75) is 19.6 Å². The van der Waals surface area contributed by atoms with Gasteiger partial charge in [-0.2, -0.15) is 0 Å². The number of carbonyl (C=O) groups is 1. The van der Waals surface area contributed by atoms with Crippen LogP contribution in [-0.2, 0) is 6.61 Å². The maximum absolute atomic E-state index is 12.5. The van der Waals surface area contributed by atoms with Crippen LogP contribution in [0.2, 0.25) is 0 Å². The molecule has 0 aliphatic heterocycles. The lowest BCUT2D eigenvalue weighted by atomic mass is 10.3. The first-order valence-corrected chi connectivity index (χ1v) is 9.15. The van der Waals surface area contributed by atoms with Gasteiger partial charge >= 0.3 is 0 Å². The van der Waals surface area contributed by atoms with Crippen molar-refractivity contribution in [3.63, 3.8) is 0 Å². The van der Waals surface area contributed by atoms with Gasteiger partial charge in [0.1, 0.15) is 23.9 Å². The minimum absolute atomic E-state index is 0.175. The number of rotatable bonds is 7. The highest BCUT2D eigenvalue weighted by atomic mass is 16.5. The number of benzene rings is 2. The summed E-state index contributed by atoms with van der Waals surface area (Å²) in [5, 5.41) is 2.83. The van der Waals surface area contributed by atoms with Crippen LogP contribution < -0.4 is 14.8 Å². The maximum atomic E-state index is 12.5. The molecular weight excluding hydrogens is 372 g/mol. The summed E-state index contributed by atoms with van der Waals surface area (Å²) in [7, 11) is 1.58.